The Morgan fingerprint density at radius 3 is 1.69 bits per heavy atom. The van der Waals surface area contributed by atoms with Gasteiger partial charge in [-0.3, -0.25) is 43.3 Å². The fraction of sp³-hybridized carbons (Fsp3) is 0.290. The van der Waals surface area contributed by atoms with Crippen LogP contribution >= 0.6 is 0 Å². The average molecular weight is 679 g/mol. The number of carbonyl (C=O) groups is 8. The zero-order valence-corrected chi connectivity index (χ0v) is 26.0. The zero-order chi connectivity index (χ0) is 35.9. The molecule has 0 radical (unpaired) electrons. The Morgan fingerprint density at radius 2 is 1.18 bits per heavy atom. The molecule has 6 amide bonds. The Labute approximate surface area is 278 Å². The molecule has 49 heavy (non-hydrogen) atoms. The second-order valence-electron chi connectivity index (χ2n) is 10.6. The van der Waals surface area contributed by atoms with Crippen molar-refractivity contribution in [1.82, 2.24) is 15.5 Å². The van der Waals surface area contributed by atoms with Gasteiger partial charge in [0.05, 0.1) is 30.4 Å². The monoisotopic (exact) mass is 678 g/mol. The minimum Gasteiger partial charge on any atom is -0.481 e. The summed E-state index contributed by atoms with van der Waals surface area (Å²) in [5, 5.41) is 36.2. The third kappa shape index (κ3) is 12.8. The van der Waals surface area contributed by atoms with Gasteiger partial charge in [-0.1, -0.05) is 0 Å². The van der Waals surface area contributed by atoms with Crippen LogP contribution in [0, 0.1) is 5.92 Å². The number of carbonyl (C=O) groups excluding carboxylic acids is 6. The van der Waals surface area contributed by atoms with Crippen LogP contribution in [0.4, 0.5) is 22.7 Å². The number of amides is 6. The van der Waals surface area contributed by atoms with Crippen LogP contribution in [-0.4, -0.2) is 88.2 Å². The molecule has 0 spiro atoms. The van der Waals surface area contributed by atoms with Crippen molar-refractivity contribution >= 4 is 70.1 Å². The number of anilines is 2. The molecule has 1 aliphatic rings. The highest BCUT2D eigenvalue weighted by molar-refractivity contribution is 6.15. The molecule has 2 aromatic rings. The minimum atomic E-state index is -1.33. The van der Waals surface area contributed by atoms with Crippen molar-refractivity contribution in [3.05, 3.63) is 60.7 Å². The SMILES string of the molecule is N[C@@H](CC(CCCC(=O)NCC(=O)NCC(=O)Nc1ccc(N=Nc2ccc(NC(=O)CN3C(=O)C=CC3=O)cc2)cc1)C(=O)O)C(=O)O. The first-order chi connectivity index (χ1) is 23.3. The Hall–Kier alpha value is -6.30. The van der Waals surface area contributed by atoms with Crippen LogP contribution in [0.3, 0.4) is 0 Å². The van der Waals surface area contributed by atoms with E-state index in [1.807, 2.05) is 0 Å². The number of rotatable bonds is 18. The number of nitrogens with two attached hydrogens (primary N) is 1. The lowest BCUT2D eigenvalue weighted by molar-refractivity contribution is -0.144. The van der Waals surface area contributed by atoms with E-state index in [0.29, 0.717) is 22.7 Å². The number of carboxylic acids is 2. The zero-order valence-electron chi connectivity index (χ0n) is 26.0. The first-order valence-corrected chi connectivity index (χ1v) is 14.8. The van der Waals surface area contributed by atoms with Crippen molar-refractivity contribution in [2.45, 2.75) is 31.7 Å². The fourth-order valence-electron chi connectivity index (χ4n) is 4.24. The highest BCUT2D eigenvalue weighted by Gasteiger charge is 2.26. The summed E-state index contributed by atoms with van der Waals surface area (Å²) in [6.07, 6.45) is 2.00. The van der Waals surface area contributed by atoms with E-state index in [1.54, 1.807) is 48.5 Å². The first kappa shape index (κ1) is 37.2. The van der Waals surface area contributed by atoms with Crippen LogP contribution < -0.4 is 27.0 Å². The summed E-state index contributed by atoms with van der Waals surface area (Å²) < 4.78 is 0. The minimum absolute atomic E-state index is 0.0335. The average Bonchev–Trinajstić information content (AvgIpc) is 3.38. The van der Waals surface area contributed by atoms with Gasteiger partial charge in [-0.25, -0.2) is 0 Å². The number of carboxylic acid groups (broad SMARTS) is 2. The summed E-state index contributed by atoms with van der Waals surface area (Å²) in [6.45, 7) is -1.19. The molecule has 1 aliphatic heterocycles. The van der Waals surface area contributed by atoms with Crippen molar-refractivity contribution in [2.75, 3.05) is 30.3 Å². The van der Waals surface area contributed by atoms with Crippen molar-refractivity contribution < 1.29 is 48.6 Å². The molecule has 2 aromatic carbocycles. The summed E-state index contributed by atoms with van der Waals surface area (Å²) in [5.74, 6) is -6.88. The molecule has 2 atom stereocenters. The fourth-order valence-corrected chi connectivity index (χ4v) is 4.24. The van der Waals surface area contributed by atoms with Crippen LogP contribution in [0.2, 0.25) is 0 Å². The Morgan fingerprint density at radius 1 is 0.694 bits per heavy atom. The molecule has 1 unspecified atom stereocenters. The van der Waals surface area contributed by atoms with Gasteiger partial charge < -0.3 is 37.2 Å². The maximum atomic E-state index is 12.2. The first-order valence-electron chi connectivity index (χ1n) is 14.8. The van der Waals surface area contributed by atoms with Crippen molar-refractivity contribution in [3.8, 4) is 0 Å². The summed E-state index contributed by atoms with van der Waals surface area (Å²) in [4.78, 5) is 94.5. The topological polar surface area (TPSA) is 279 Å². The van der Waals surface area contributed by atoms with E-state index in [9.17, 15) is 43.5 Å². The lowest BCUT2D eigenvalue weighted by Crippen LogP contribution is -2.40. The van der Waals surface area contributed by atoms with Crippen LogP contribution in [0.15, 0.2) is 70.9 Å². The molecule has 8 N–H and O–H groups in total. The van der Waals surface area contributed by atoms with Gasteiger partial charge in [-0.05, 0) is 67.8 Å². The van der Waals surface area contributed by atoms with Crippen molar-refractivity contribution in [1.29, 1.82) is 0 Å². The Bertz CT molecular complexity index is 1620. The molecule has 0 fully saturated rings. The second kappa shape index (κ2) is 18.1. The molecule has 0 aliphatic carbocycles. The lowest BCUT2D eigenvalue weighted by Gasteiger charge is -2.14. The van der Waals surface area contributed by atoms with E-state index >= 15 is 0 Å². The molecule has 258 valence electrons. The number of imide groups is 1. The van der Waals surface area contributed by atoms with Gasteiger partial charge in [0.15, 0.2) is 0 Å². The van der Waals surface area contributed by atoms with E-state index in [0.717, 1.165) is 17.1 Å². The van der Waals surface area contributed by atoms with Gasteiger partial charge >= 0.3 is 11.9 Å². The second-order valence-corrected chi connectivity index (χ2v) is 10.6. The summed E-state index contributed by atoms with van der Waals surface area (Å²) in [7, 11) is 0. The third-order valence-electron chi connectivity index (χ3n) is 6.84. The smallest absolute Gasteiger partial charge is 0.320 e. The molecule has 0 saturated carbocycles. The number of aliphatic carboxylic acids is 2. The number of nitrogens with zero attached hydrogens (tertiary/aromatic N) is 3. The van der Waals surface area contributed by atoms with Gasteiger partial charge in [0.2, 0.25) is 23.6 Å². The molecule has 18 nitrogen and oxygen atoms in total. The summed E-state index contributed by atoms with van der Waals surface area (Å²) in [6, 6.07) is 11.4. The standard InChI is InChI=1S/C31H34N8O10/c32-23(31(48)49)14-18(30(46)47)2-1-3-24(40)33-15-25(41)34-16-26(42)35-19-4-8-21(9-5-19)37-38-22-10-6-20(7-11-22)36-27(43)17-39-28(44)12-13-29(39)45/h4-13,18,23H,1-3,14-17,32H2,(H,33,40)(H,34,41)(H,35,42)(H,36,43)(H,46,47)(H,48,49)/t18?,23-/m0/s1. The molecule has 1 heterocycles. The number of nitrogens with one attached hydrogen (secondary N) is 4. The Balaban J connectivity index is 1.33. The third-order valence-corrected chi connectivity index (χ3v) is 6.84. The summed E-state index contributed by atoms with van der Waals surface area (Å²) >= 11 is 0. The maximum absolute atomic E-state index is 12.2. The van der Waals surface area contributed by atoms with Crippen LogP contribution in [0.1, 0.15) is 25.7 Å². The Kier molecular flexibility index (Phi) is 13.8. The highest BCUT2D eigenvalue weighted by atomic mass is 16.4. The molecule has 0 aromatic heterocycles. The van der Waals surface area contributed by atoms with Gasteiger partial charge in [0, 0.05) is 29.9 Å². The highest BCUT2D eigenvalue weighted by Crippen LogP contribution is 2.22. The molecule has 3 rings (SSSR count). The van der Waals surface area contributed by atoms with E-state index in [-0.39, 0.29) is 32.2 Å². The van der Waals surface area contributed by atoms with E-state index < -0.39 is 72.4 Å². The molecular weight excluding hydrogens is 644 g/mol. The molecular formula is C31H34N8O10. The van der Waals surface area contributed by atoms with E-state index in [1.165, 1.54) is 0 Å². The maximum Gasteiger partial charge on any atom is 0.320 e. The molecule has 0 bridgehead atoms. The normalized spacial score (nSPS) is 13.5. The van der Waals surface area contributed by atoms with E-state index in [2.05, 4.69) is 31.5 Å². The van der Waals surface area contributed by atoms with Crippen LogP contribution in [-0.2, 0) is 38.4 Å². The van der Waals surface area contributed by atoms with Gasteiger partial charge in [-0.2, -0.15) is 10.2 Å². The number of hydrogen-bond acceptors (Lipinski definition) is 11. The molecule has 18 heteroatoms. The predicted octanol–water partition coefficient (Wildman–Crippen LogP) is 0.810. The van der Waals surface area contributed by atoms with Crippen molar-refractivity contribution in [3.63, 3.8) is 0 Å². The number of benzene rings is 2. The summed E-state index contributed by atoms with van der Waals surface area (Å²) in [5.41, 5.74) is 7.18. The number of hydrogen-bond donors (Lipinski definition) is 7. The van der Waals surface area contributed by atoms with Crippen LogP contribution in [0.5, 0.6) is 0 Å². The largest absolute Gasteiger partial charge is 0.481 e. The predicted molar refractivity (Wildman–Crippen MR) is 171 cm³/mol. The lowest BCUT2D eigenvalue weighted by atomic mass is 9.94. The quantitative estimate of drug-likeness (QED) is 0.0855. The van der Waals surface area contributed by atoms with Gasteiger partial charge in [0.25, 0.3) is 11.8 Å². The number of azo groups is 1. The van der Waals surface area contributed by atoms with Crippen LogP contribution in [0.25, 0.3) is 0 Å². The van der Waals surface area contributed by atoms with E-state index in [4.69, 9.17) is 10.8 Å². The van der Waals surface area contributed by atoms with Crippen molar-refractivity contribution in [2.24, 2.45) is 21.9 Å². The van der Waals surface area contributed by atoms with Gasteiger partial charge in [0.1, 0.15) is 12.6 Å². The molecule has 0 saturated heterocycles. The van der Waals surface area contributed by atoms with Gasteiger partial charge in [-0.15, -0.1) is 0 Å².